The maximum absolute atomic E-state index is 14.8. The van der Waals surface area contributed by atoms with Crippen LogP contribution >= 0.6 is 0 Å². The number of sulfonamides is 1. The van der Waals surface area contributed by atoms with Crippen LogP contribution in [-0.4, -0.2) is 76.8 Å². The molecule has 316 valence electrons. The Labute approximate surface area is 336 Å². The van der Waals surface area contributed by atoms with Crippen LogP contribution in [-0.2, 0) is 40.4 Å². The number of nitrogens with one attached hydrogen (secondary N) is 1. The number of hydrogen-bond acceptors (Lipinski definition) is 10. The number of rotatable bonds is 6. The van der Waals surface area contributed by atoms with E-state index in [-0.39, 0.29) is 38.1 Å². The number of aromatic nitrogens is 1. The molecule has 58 heavy (non-hydrogen) atoms. The summed E-state index contributed by atoms with van der Waals surface area (Å²) in [7, 11) is -4.00. The molecule has 3 fully saturated rings. The third kappa shape index (κ3) is 8.58. The number of ketones is 1. The van der Waals surface area contributed by atoms with Crippen LogP contribution in [0.15, 0.2) is 30.4 Å². The van der Waals surface area contributed by atoms with E-state index >= 15 is 0 Å². The monoisotopic (exact) mass is 831 g/mol. The minimum absolute atomic E-state index is 0.0313. The minimum atomic E-state index is -4.90. The number of alkyl halides is 3. The van der Waals surface area contributed by atoms with E-state index in [4.69, 9.17) is 9.47 Å². The topological polar surface area (TPSA) is 158 Å². The van der Waals surface area contributed by atoms with Gasteiger partial charge in [-0.3, -0.25) is 23.9 Å². The minimum Gasteiger partial charge on any atom is -0.483 e. The molecule has 16 heteroatoms. The van der Waals surface area contributed by atoms with Crippen LogP contribution < -0.4 is 14.2 Å². The molecule has 0 unspecified atom stereocenters. The summed E-state index contributed by atoms with van der Waals surface area (Å²) >= 11 is 0. The van der Waals surface area contributed by atoms with Crippen LogP contribution in [0.1, 0.15) is 116 Å². The van der Waals surface area contributed by atoms with Crippen molar-refractivity contribution in [2.75, 3.05) is 6.54 Å². The Hall–Kier alpha value is -4.21. The summed E-state index contributed by atoms with van der Waals surface area (Å²) in [6, 6.07) is 2.85. The zero-order valence-electron chi connectivity index (χ0n) is 33.6. The molecule has 5 aliphatic rings. The Balaban J connectivity index is 1.24. The van der Waals surface area contributed by atoms with Gasteiger partial charge in [0.2, 0.25) is 21.8 Å². The van der Waals surface area contributed by atoms with Gasteiger partial charge in [0.1, 0.15) is 22.7 Å². The molecular weight excluding hydrogens is 780 g/mol. The van der Waals surface area contributed by atoms with Crippen molar-refractivity contribution in [2.24, 2.45) is 17.3 Å². The summed E-state index contributed by atoms with van der Waals surface area (Å²) in [5.41, 5.74) is -1.69. The van der Waals surface area contributed by atoms with Gasteiger partial charge in [-0.05, 0) is 110 Å². The van der Waals surface area contributed by atoms with Gasteiger partial charge in [0.05, 0.1) is 40.4 Å². The van der Waals surface area contributed by atoms with Crippen molar-refractivity contribution in [3.8, 4) is 11.5 Å². The predicted molar refractivity (Wildman–Crippen MR) is 206 cm³/mol. The summed E-state index contributed by atoms with van der Waals surface area (Å²) in [6.45, 7) is 8.50. The van der Waals surface area contributed by atoms with Gasteiger partial charge >= 0.3 is 12.3 Å². The predicted octanol–water partition coefficient (Wildman–Crippen LogP) is 6.94. The number of carbonyl (C=O) groups is 4. The molecule has 3 aliphatic heterocycles. The number of halogens is 3. The summed E-state index contributed by atoms with van der Waals surface area (Å²) < 4.78 is 83.8. The zero-order chi connectivity index (χ0) is 42.1. The smallest absolute Gasteiger partial charge is 0.483 e. The lowest BCUT2D eigenvalue weighted by Crippen LogP contribution is -2.48. The van der Waals surface area contributed by atoms with E-state index in [0.29, 0.717) is 72.9 Å². The molecule has 1 aromatic heterocycles. The molecule has 4 heterocycles. The number of Topliss-reactive ketones (excluding diaryl/α,β-unsaturated/α-hetero) is 1. The molecule has 2 aromatic rings. The first kappa shape index (κ1) is 41.9. The number of amides is 2. The maximum Gasteiger partial charge on any atom is 0.573 e. The van der Waals surface area contributed by atoms with E-state index in [2.05, 4.69) is 14.4 Å². The van der Waals surface area contributed by atoms with Crippen LogP contribution in [0.4, 0.5) is 13.2 Å². The van der Waals surface area contributed by atoms with Crippen molar-refractivity contribution >= 4 is 44.5 Å². The average Bonchev–Trinajstić information content (AvgIpc) is 4.00. The van der Waals surface area contributed by atoms with Crippen LogP contribution in [0.25, 0.3) is 10.9 Å². The third-order valence-electron chi connectivity index (χ3n) is 12.5. The zero-order valence-corrected chi connectivity index (χ0v) is 34.4. The van der Waals surface area contributed by atoms with Gasteiger partial charge in [0.25, 0.3) is 0 Å². The van der Waals surface area contributed by atoms with Gasteiger partial charge in [-0.25, -0.2) is 13.4 Å². The lowest BCUT2D eigenvalue weighted by molar-refractivity contribution is -0.274. The molecule has 0 radical (unpaired) electrons. The van der Waals surface area contributed by atoms with Crippen molar-refractivity contribution in [1.82, 2.24) is 14.6 Å². The molecule has 5 atom stereocenters. The molecule has 12 nitrogen and oxygen atoms in total. The Bertz CT molecular complexity index is 2160. The first-order valence-corrected chi connectivity index (χ1v) is 21.7. The number of carbonyl (C=O) groups excluding carboxylic acids is 4. The lowest BCUT2D eigenvalue weighted by Gasteiger charge is -2.36. The van der Waals surface area contributed by atoms with Crippen molar-refractivity contribution in [1.29, 1.82) is 0 Å². The van der Waals surface area contributed by atoms with E-state index in [1.54, 1.807) is 34.6 Å². The summed E-state index contributed by atoms with van der Waals surface area (Å²) in [6.07, 6.45) is 3.48. The Morgan fingerprint density at radius 2 is 1.81 bits per heavy atom. The van der Waals surface area contributed by atoms with Crippen molar-refractivity contribution in [2.45, 2.75) is 146 Å². The first-order valence-electron chi connectivity index (χ1n) is 20.2. The number of ether oxygens (including phenoxy) is 3. The number of benzene rings is 1. The van der Waals surface area contributed by atoms with Gasteiger partial charge < -0.3 is 19.1 Å². The van der Waals surface area contributed by atoms with Crippen LogP contribution in [0.3, 0.4) is 0 Å². The molecule has 7 rings (SSSR count). The molecular formula is C42H52F3N3O9S. The number of nitrogens with zero attached hydrogens (tertiary/aromatic N) is 2. The van der Waals surface area contributed by atoms with E-state index in [0.717, 1.165) is 12.8 Å². The summed E-state index contributed by atoms with van der Waals surface area (Å²) in [5, 5.41) is 0.422. The van der Waals surface area contributed by atoms with Gasteiger partial charge in [-0.1, -0.05) is 25.0 Å². The van der Waals surface area contributed by atoms with Gasteiger partial charge in [0, 0.05) is 29.7 Å². The second-order valence-electron chi connectivity index (χ2n) is 18.3. The number of aryl methyl sites for hydroxylation is 2. The molecule has 1 saturated heterocycles. The largest absolute Gasteiger partial charge is 0.573 e. The quantitative estimate of drug-likeness (QED) is 0.239. The Kier molecular flexibility index (Phi) is 10.7. The Morgan fingerprint density at radius 1 is 1.07 bits per heavy atom. The highest BCUT2D eigenvalue weighted by molar-refractivity contribution is 7.91. The maximum atomic E-state index is 14.8. The van der Waals surface area contributed by atoms with Crippen LogP contribution in [0.5, 0.6) is 11.5 Å². The Morgan fingerprint density at radius 3 is 2.50 bits per heavy atom. The van der Waals surface area contributed by atoms with Crippen molar-refractivity contribution in [3.63, 3.8) is 0 Å². The van der Waals surface area contributed by atoms with Crippen molar-refractivity contribution in [3.05, 3.63) is 41.6 Å². The number of pyridine rings is 1. The number of fused-ring (bicyclic) bond motifs is 5. The van der Waals surface area contributed by atoms with Crippen molar-refractivity contribution < 1.29 is 55.0 Å². The fourth-order valence-corrected chi connectivity index (χ4v) is 10.3. The number of hydrogen-bond donors (Lipinski definition) is 1. The molecule has 2 amide bonds. The summed E-state index contributed by atoms with van der Waals surface area (Å²) in [4.78, 5) is 62.9. The second-order valence-corrected chi connectivity index (χ2v) is 20.4. The lowest BCUT2D eigenvalue weighted by atomic mass is 9.85. The van der Waals surface area contributed by atoms with Gasteiger partial charge in [-0.2, -0.15) is 0 Å². The highest BCUT2D eigenvalue weighted by Crippen LogP contribution is 2.58. The van der Waals surface area contributed by atoms with Crippen LogP contribution in [0.2, 0.25) is 0 Å². The highest BCUT2D eigenvalue weighted by atomic mass is 32.2. The molecule has 0 bridgehead atoms. The van der Waals surface area contributed by atoms with E-state index < -0.39 is 79.0 Å². The van der Waals surface area contributed by atoms with E-state index in [9.17, 15) is 40.8 Å². The standard InChI is InChI=1S/C42H52F3N3O9S/c1-25-35-29(30-20-28(55-42(43,44)45)13-14-31(30)46-25)15-16-40(57-35)22-32-33(49)23-41(37(52)47-58(53,54)39(5)17-18-39)21-27(41)12-10-8-6-7-9-11-26(36(51)48(32)24-40)19-34(50)56-38(2,3)4/h10,12-14,20,26-27,32H,6-9,11,15-19,21-24H2,1-5H3,(H,47,52)/b12-10-/t26-,27-,32+,40-,41-/m1/s1. The third-order valence-corrected chi connectivity index (χ3v) is 14.7. The average molecular weight is 832 g/mol. The fraction of sp³-hybridized carbons (Fsp3) is 0.643. The van der Waals surface area contributed by atoms with E-state index in [1.807, 2.05) is 12.2 Å². The SMILES string of the molecule is Cc1nc2ccc(OC(F)(F)F)cc2c2c1O[C@]1(CC2)C[C@H]2C(=O)C[C@]3(C(=O)NS(=O)(=O)C4(C)CC4)C[C@H]3/C=C\CCCCC[C@H](CC(=O)OC(C)(C)C)C(=O)N2C1. The van der Waals surface area contributed by atoms with E-state index in [1.165, 1.54) is 23.1 Å². The molecule has 1 N–H and O–H groups in total. The first-order chi connectivity index (χ1) is 27.0. The fourth-order valence-electron chi connectivity index (χ4n) is 8.92. The molecule has 2 saturated carbocycles. The van der Waals surface area contributed by atoms with Gasteiger partial charge in [0.15, 0.2) is 5.78 Å². The summed E-state index contributed by atoms with van der Waals surface area (Å²) in [5.74, 6) is -3.37. The van der Waals surface area contributed by atoms with Crippen LogP contribution in [0, 0.1) is 24.2 Å². The molecule has 1 spiro atoms. The second kappa shape index (κ2) is 14.8. The number of allylic oxidation sites excluding steroid dienone is 2. The molecule has 2 aliphatic carbocycles. The molecule has 1 aromatic carbocycles. The normalized spacial score (nSPS) is 29.2. The highest BCUT2D eigenvalue weighted by Gasteiger charge is 2.63. The van der Waals surface area contributed by atoms with Gasteiger partial charge in [-0.15, -0.1) is 13.2 Å². The number of esters is 1.